The Hall–Kier alpha value is -2.12. The molecule has 0 aliphatic rings. The third-order valence-corrected chi connectivity index (χ3v) is 5.41. The summed E-state index contributed by atoms with van der Waals surface area (Å²) in [7, 11) is 3.60. The van der Waals surface area contributed by atoms with Crippen molar-refractivity contribution < 1.29 is 9.59 Å². The van der Waals surface area contributed by atoms with Gasteiger partial charge in [-0.3, -0.25) is 9.59 Å². The zero-order chi connectivity index (χ0) is 16.4. The number of carbonyl (C=O) groups is 2. The smallest absolute Gasteiger partial charge is 0.268 e. The Morgan fingerprint density at radius 2 is 2.09 bits per heavy atom. The average molecular weight is 347 g/mol. The second kappa shape index (κ2) is 6.55. The van der Waals surface area contributed by atoms with Crippen LogP contribution < -0.4 is 5.32 Å². The molecule has 0 radical (unpaired) electrons. The molecule has 0 unspecified atom stereocenters. The van der Waals surface area contributed by atoms with E-state index in [0.717, 1.165) is 15.1 Å². The van der Waals surface area contributed by atoms with Gasteiger partial charge in [0, 0.05) is 19.0 Å². The van der Waals surface area contributed by atoms with Crippen LogP contribution in [0.3, 0.4) is 0 Å². The van der Waals surface area contributed by atoms with E-state index < -0.39 is 0 Å². The van der Waals surface area contributed by atoms with Gasteiger partial charge in [-0.25, -0.2) is 0 Å². The van der Waals surface area contributed by atoms with Crippen molar-refractivity contribution in [3.05, 3.63) is 45.6 Å². The summed E-state index contributed by atoms with van der Waals surface area (Å²) in [5, 5.41) is 6.69. The fraction of sp³-hybridized carbons (Fsp3) is 0.250. The SMILES string of the molecule is CN(Cc1cccs1)C(=O)CNC(=O)c1cc2sccc2n1C. The van der Waals surface area contributed by atoms with Crippen molar-refractivity contribution in [2.75, 3.05) is 13.6 Å². The first-order valence-electron chi connectivity index (χ1n) is 7.13. The summed E-state index contributed by atoms with van der Waals surface area (Å²) in [5.74, 6) is -0.337. The largest absolute Gasteiger partial charge is 0.342 e. The summed E-state index contributed by atoms with van der Waals surface area (Å²) >= 11 is 3.21. The van der Waals surface area contributed by atoms with Crippen molar-refractivity contribution in [3.8, 4) is 0 Å². The second-order valence-corrected chi connectivity index (χ2v) is 7.25. The third-order valence-electron chi connectivity index (χ3n) is 3.70. The summed E-state index contributed by atoms with van der Waals surface area (Å²) in [4.78, 5) is 27.1. The minimum absolute atomic E-state index is 0.000459. The minimum Gasteiger partial charge on any atom is -0.342 e. The van der Waals surface area contributed by atoms with Gasteiger partial charge < -0.3 is 14.8 Å². The van der Waals surface area contributed by atoms with Gasteiger partial charge in [0.2, 0.25) is 5.91 Å². The molecule has 0 saturated carbocycles. The fourth-order valence-electron chi connectivity index (χ4n) is 2.37. The first-order chi connectivity index (χ1) is 11.1. The van der Waals surface area contributed by atoms with Crippen molar-refractivity contribution in [2.24, 2.45) is 7.05 Å². The molecular weight excluding hydrogens is 330 g/mol. The number of thiophene rings is 2. The van der Waals surface area contributed by atoms with Gasteiger partial charge in [0.25, 0.3) is 5.91 Å². The Morgan fingerprint density at radius 3 is 2.78 bits per heavy atom. The summed E-state index contributed by atoms with van der Waals surface area (Å²) in [6, 6.07) is 7.79. The molecule has 0 atom stereocenters. The number of hydrogen-bond donors (Lipinski definition) is 1. The van der Waals surface area contributed by atoms with Crippen molar-refractivity contribution in [1.29, 1.82) is 0 Å². The molecular formula is C16H17N3O2S2. The normalized spacial score (nSPS) is 10.9. The number of fused-ring (bicyclic) bond motifs is 1. The summed E-state index contributed by atoms with van der Waals surface area (Å²) in [5.41, 5.74) is 1.60. The molecule has 3 rings (SSSR count). The average Bonchev–Trinajstić information content (AvgIpc) is 3.24. The van der Waals surface area contributed by atoms with Crippen molar-refractivity contribution >= 4 is 44.7 Å². The molecule has 0 bridgehead atoms. The van der Waals surface area contributed by atoms with E-state index in [1.807, 2.05) is 46.6 Å². The number of aromatic nitrogens is 1. The van der Waals surface area contributed by atoms with E-state index in [9.17, 15) is 9.59 Å². The lowest BCUT2D eigenvalue weighted by Gasteiger charge is -2.16. The summed E-state index contributed by atoms with van der Waals surface area (Å²) < 4.78 is 2.92. The summed E-state index contributed by atoms with van der Waals surface area (Å²) in [6.07, 6.45) is 0. The highest BCUT2D eigenvalue weighted by molar-refractivity contribution is 7.17. The molecule has 0 spiro atoms. The standard InChI is InChI=1S/C16H17N3O2S2/c1-18(10-11-4-3-6-22-11)15(20)9-17-16(21)13-8-14-12(19(13)2)5-7-23-14/h3-8H,9-10H2,1-2H3,(H,17,21). The van der Waals surface area contributed by atoms with E-state index in [2.05, 4.69) is 5.32 Å². The molecule has 23 heavy (non-hydrogen) atoms. The zero-order valence-electron chi connectivity index (χ0n) is 12.9. The first-order valence-corrected chi connectivity index (χ1v) is 8.89. The predicted octanol–water partition coefficient (Wildman–Crippen LogP) is 2.69. The van der Waals surface area contributed by atoms with Crippen LogP contribution in [0.15, 0.2) is 35.0 Å². The molecule has 120 valence electrons. The number of hydrogen-bond acceptors (Lipinski definition) is 4. The lowest BCUT2D eigenvalue weighted by molar-refractivity contribution is -0.129. The van der Waals surface area contributed by atoms with Crippen LogP contribution >= 0.6 is 22.7 Å². The van der Waals surface area contributed by atoms with Crippen LogP contribution in [0.25, 0.3) is 10.2 Å². The highest BCUT2D eigenvalue weighted by Crippen LogP contribution is 2.23. The monoisotopic (exact) mass is 347 g/mol. The number of carbonyl (C=O) groups excluding carboxylic acids is 2. The fourth-order valence-corrected chi connectivity index (χ4v) is 3.98. The highest BCUT2D eigenvalue weighted by Gasteiger charge is 2.16. The molecule has 0 aliphatic carbocycles. The molecule has 0 fully saturated rings. The molecule has 0 saturated heterocycles. The molecule has 7 heteroatoms. The maximum atomic E-state index is 12.3. The van der Waals surface area contributed by atoms with Crippen LogP contribution in [-0.4, -0.2) is 34.9 Å². The highest BCUT2D eigenvalue weighted by atomic mass is 32.1. The van der Waals surface area contributed by atoms with Crippen LogP contribution in [-0.2, 0) is 18.4 Å². The number of amides is 2. The topological polar surface area (TPSA) is 54.3 Å². The van der Waals surface area contributed by atoms with Crippen molar-refractivity contribution in [2.45, 2.75) is 6.54 Å². The first kappa shape index (κ1) is 15.8. The van der Waals surface area contributed by atoms with Gasteiger partial charge in [-0.15, -0.1) is 22.7 Å². The van der Waals surface area contributed by atoms with Gasteiger partial charge in [-0.1, -0.05) is 6.07 Å². The van der Waals surface area contributed by atoms with E-state index in [4.69, 9.17) is 0 Å². The van der Waals surface area contributed by atoms with Gasteiger partial charge in [-0.05, 0) is 29.0 Å². The Kier molecular flexibility index (Phi) is 4.49. The number of nitrogens with zero attached hydrogens (tertiary/aromatic N) is 2. The Balaban J connectivity index is 1.58. The Morgan fingerprint density at radius 1 is 1.26 bits per heavy atom. The van der Waals surface area contributed by atoms with E-state index >= 15 is 0 Å². The zero-order valence-corrected chi connectivity index (χ0v) is 14.5. The maximum absolute atomic E-state index is 12.3. The molecule has 1 N–H and O–H groups in total. The van der Waals surface area contributed by atoms with Crippen LogP contribution in [0.5, 0.6) is 0 Å². The molecule has 5 nitrogen and oxygen atoms in total. The third kappa shape index (κ3) is 3.30. The maximum Gasteiger partial charge on any atom is 0.268 e. The Bertz CT molecular complexity index is 833. The van der Waals surface area contributed by atoms with Gasteiger partial charge in [0.05, 0.1) is 23.3 Å². The van der Waals surface area contributed by atoms with Crippen LogP contribution in [0.4, 0.5) is 0 Å². The van der Waals surface area contributed by atoms with E-state index in [0.29, 0.717) is 12.2 Å². The Labute approximate surface area is 142 Å². The predicted molar refractivity (Wildman–Crippen MR) is 93.9 cm³/mol. The van der Waals surface area contributed by atoms with Crippen LogP contribution in [0, 0.1) is 0 Å². The van der Waals surface area contributed by atoms with E-state index in [1.54, 1.807) is 34.6 Å². The van der Waals surface area contributed by atoms with Gasteiger partial charge >= 0.3 is 0 Å². The van der Waals surface area contributed by atoms with Crippen molar-refractivity contribution in [1.82, 2.24) is 14.8 Å². The lowest BCUT2D eigenvalue weighted by Crippen LogP contribution is -2.38. The van der Waals surface area contributed by atoms with Gasteiger partial charge in [-0.2, -0.15) is 0 Å². The van der Waals surface area contributed by atoms with Gasteiger partial charge in [0.1, 0.15) is 5.69 Å². The van der Waals surface area contributed by atoms with E-state index in [1.165, 1.54) is 0 Å². The lowest BCUT2D eigenvalue weighted by atomic mass is 10.3. The summed E-state index contributed by atoms with van der Waals surface area (Å²) in [6.45, 7) is 0.561. The van der Waals surface area contributed by atoms with E-state index in [-0.39, 0.29) is 18.4 Å². The molecule has 2 amide bonds. The second-order valence-electron chi connectivity index (χ2n) is 5.27. The minimum atomic E-state index is -0.228. The molecule has 0 aromatic carbocycles. The van der Waals surface area contributed by atoms with Crippen molar-refractivity contribution in [3.63, 3.8) is 0 Å². The molecule has 3 heterocycles. The molecule has 0 aliphatic heterocycles. The molecule has 3 aromatic rings. The van der Waals surface area contributed by atoms with Gasteiger partial charge in [0.15, 0.2) is 0 Å². The van der Waals surface area contributed by atoms with Crippen LogP contribution in [0.1, 0.15) is 15.4 Å². The number of likely N-dealkylation sites (N-methyl/N-ethyl adjacent to an activating group) is 1. The quantitative estimate of drug-likeness (QED) is 0.771. The number of rotatable bonds is 5. The number of aryl methyl sites for hydroxylation is 1. The molecule has 3 aromatic heterocycles. The van der Waals surface area contributed by atoms with Crippen LogP contribution in [0.2, 0.25) is 0 Å². The number of nitrogens with one attached hydrogen (secondary N) is 1.